The highest BCUT2D eigenvalue weighted by molar-refractivity contribution is 5.83. The van der Waals surface area contributed by atoms with E-state index in [4.69, 9.17) is 0 Å². The van der Waals surface area contributed by atoms with E-state index in [1.807, 2.05) is 25.7 Å². The van der Waals surface area contributed by atoms with Gasteiger partial charge in [-0.25, -0.2) is 0 Å². The normalized spacial score (nSPS) is 23.9. The number of hydrogen-bond donors (Lipinski definition) is 2. The molecule has 0 saturated carbocycles. The summed E-state index contributed by atoms with van der Waals surface area (Å²) in [6.45, 7) is 7.76. The van der Waals surface area contributed by atoms with Crippen LogP contribution in [0.1, 0.15) is 33.6 Å². The van der Waals surface area contributed by atoms with Crippen LogP contribution in [0.5, 0.6) is 0 Å². The molecule has 1 heterocycles. The fraction of sp³-hybridized carbons (Fsp3) is 0.917. The minimum absolute atomic E-state index is 0.0334. The van der Waals surface area contributed by atoms with E-state index in [2.05, 4.69) is 5.32 Å². The van der Waals surface area contributed by atoms with Gasteiger partial charge in [0.2, 0.25) is 5.91 Å². The fourth-order valence-electron chi connectivity index (χ4n) is 2.33. The molecule has 1 fully saturated rings. The van der Waals surface area contributed by atoms with E-state index >= 15 is 0 Å². The molecule has 94 valence electrons. The Morgan fingerprint density at radius 3 is 2.75 bits per heavy atom. The van der Waals surface area contributed by atoms with Crippen LogP contribution >= 0.6 is 0 Å². The largest absolute Gasteiger partial charge is 0.394 e. The summed E-state index contributed by atoms with van der Waals surface area (Å²) in [4.78, 5) is 14.0. The zero-order chi connectivity index (χ0) is 12.1. The number of carbonyl (C=O) groups is 1. The lowest BCUT2D eigenvalue weighted by molar-refractivity contribution is -0.140. The summed E-state index contributed by atoms with van der Waals surface area (Å²) in [5, 5.41) is 12.6. The minimum atomic E-state index is -0.0495. The summed E-state index contributed by atoms with van der Waals surface area (Å²) in [6, 6.07) is -0.0829. The van der Waals surface area contributed by atoms with Crippen molar-refractivity contribution in [3.05, 3.63) is 0 Å². The van der Waals surface area contributed by atoms with E-state index in [0.717, 1.165) is 25.9 Å². The molecule has 0 radical (unpaired) electrons. The third-order valence-corrected chi connectivity index (χ3v) is 3.28. The molecule has 1 aliphatic rings. The Morgan fingerprint density at radius 1 is 1.56 bits per heavy atom. The second-order valence-electron chi connectivity index (χ2n) is 4.78. The molecule has 0 aromatic carbocycles. The molecule has 0 aliphatic carbocycles. The maximum Gasteiger partial charge on any atom is 0.240 e. The standard InChI is InChI=1S/C12H24N2O2/c1-4-13-10-6-5-7-14(12(10)16)11(8-15)9(2)3/h9-11,13,15H,4-8H2,1-3H3. The zero-order valence-electron chi connectivity index (χ0n) is 10.6. The summed E-state index contributed by atoms with van der Waals surface area (Å²) in [5.41, 5.74) is 0. The minimum Gasteiger partial charge on any atom is -0.394 e. The van der Waals surface area contributed by atoms with Crippen molar-refractivity contribution in [2.45, 2.75) is 45.7 Å². The molecule has 1 saturated heterocycles. The number of likely N-dealkylation sites (N-methyl/N-ethyl adjacent to an activating group) is 1. The molecule has 1 aliphatic heterocycles. The maximum absolute atomic E-state index is 12.2. The topological polar surface area (TPSA) is 52.6 Å². The van der Waals surface area contributed by atoms with Gasteiger partial charge in [0, 0.05) is 6.54 Å². The highest BCUT2D eigenvalue weighted by Gasteiger charge is 2.33. The van der Waals surface area contributed by atoms with Gasteiger partial charge in [-0.1, -0.05) is 20.8 Å². The van der Waals surface area contributed by atoms with Crippen LogP contribution in [0, 0.1) is 5.92 Å². The average Bonchev–Trinajstić information content (AvgIpc) is 2.24. The zero-order valence-corrected chi connectivity index (χ0v) is 10.6. The van der Waals surface area contributed by atoms with E-state index in [9.17, 15) is 9.90 Å². The number of aliphatic hydroxyl groups excluding tert-OH is 1. The van der Waals surface area contributed by atoms with Gasteiger partial charge in [-0.3, -0.25) is 4.79 Å². The molecule has 1 rings (SSSR count). The first-order chi connectivity index (χ1) is 7.61. The molecular formula is C12H24N2O2. The summed E-state index contributed by atoms with van der Waals surface area (Å²) < 4.78 is 0. The van der Waals surface area contributed by atoms with Gasteiger partial charge in [-0.05, 0) is 25.3 Å². The fourth-order valence-corrected chi connectivity index (χ4v) is 2.33. The van der Waals surface area contributed by atoms with Crippen LogP contribution in [0.25, 0.3) is 0 Å². The Labute approximate surface area is 98.0 Å². The summed E-state index contributed by atoms with van der Waals surface area (Å²) >= 11 is 0. The molecule has 4 heteroatoms. The highest BCUT2D eigenvalue weighted by atomic mass is 16.3. The Bertz CT molecular complexity index is 229. The third kappa shape index (κ3) is 2.95. The van der Waals surface area contributed by atoms with Crippen molar-refractivity contribution in [1.82, 2.24) is 10.2 Å². The highest BCUT2D eigenvalue weighted by Crippen LogP contribution is 2.18. The van der Waals surface area contributed by atoms with Gasteiger partial charge in [0.05, 0.1) is 18.7 Å². The maximum atomic E-state index is 12.2. The molecule has 2 atom stereocenters. The van der Waals surface area contributed by atoms with E-state index < -0.39 is 0 Å². The Hall–Kier alpha value is -0.610. The van der Waals surface area contributed by atoms with Crippen molar-refractivity contribution in [1.29, 1.82) is 0 Å². The molecule has 4 nitrogen and oxygen atoms in total. The lowest BCUT2D eigenvalue weighted by Crippen LogP contribution is -2.56. The van der Waals surface area contributed by atoms with Gasteiger partial charge in [0.1, 0.15) is 0 Å². The molecule has 16 heavy (non-hydrogen) atoms. The number of likely N-dealkylation sites (tertiary alicyclic amines) is 1. The van der Waals surface area contributed by atoms with Gasteiger partial charge in [0.15, 0.2) is 0 Å². The van der Waals surface area contributed by atoms with Crippen LogP contribution in [-0.2, 0) is 4.79 Å². The SMILES string of the molecule is CCNC1CCCN(C(CO)C(C)C)C1=O. The first-order valence-electron chi connectivity index (χ1n) is 6.26. The lowest BCUT2D eigenvalue weighted by atomic mass is 9.97. The van der Waals surface area contributed by atoms with E-state index in [1.165, 1.54) is 0 Å². The Morgan fingerprint density at radius 2 is 2.25 bits per heavy atom. The summed E-state index contributed by atoms with van der Waals surface area (Å²) in [7, 11) is 0. The van der Waals surface area contributed by atoms with Gasteiger partial charge < -0.3 is 15.3 Å². The van der Waals surface area contributed by atoms with Crippen LogP contribution in [0.3, 0.4) is 0 Å². The molecule has 0 bridgehead atoms. The monoisotopic (exact) mass is 228 g/mol. The summed E-state index contributed by atoms with van der Waals surface area (Å²) in [5.74, 6) is 0.454. The third-order valence-electron chi connectivity index (χ3n) is 3.28. The Balaban J connectivity index is 2.68. The second-order valence-corrected chi connectivity index (χ2v) is 4.78. The van der Waals surface area contributed by atoms with Crippen molar-refractivity contribution in [2.75, 3.05) is 19.7 Å². The van der Waals surface area contributed by atoms with Crippen molar-refractivity contribution < 1.29 is 9.90 Å². The number of nitrogens with one attached hydrogen (secondary N) is 1. The van der Waals surface area contributed by atoms with E-state index in [0.29, 0.717) is 5.92 Å². The predicted octanol–water partition coefficient (Wildman–Crippen LogP) is 0.604. The number of carbonyl (C=O) groups excluding carboxylic acids is 1. The van der Waals surface area contributed by atoms with Crippen LogP contribution < -0.4 is 5.32 Å². The van der Waals surface area contributed by atoms with Gasteiger partial charge in [-0.2, -0.15) is 0 Å². The number of nitrogens with zero attached hydrogens (tertiary/aromatic N) is 1. The smallest absolute Gasteiger partial charge is 0.240 e. The van der Waals surface area contributed by atoms with Crippen molar-refractivity contribution >= 4 is 5.91 Å². The number of amides is 1. The number of piperidine rings is 1. The predicted molar refractivity (Wildman–Crippen MR) is 64.1 cm³/mol. The van der Waals surface area contributed by atoms with Crippen molar-refractivity contribution in [3.8, 4) is 0 Å². The second kappa shape index (κ2) is 6.21. The first-order valence-corrected chi connectivity index (χ1v) is 6.26. The first kappa shape index (κ1) is 13.5. The van der Waals surface area contributed by atoms with Crippen LogP contribution in [0.15, 0.2) is 0 Å². The van der Waals surface area contributed by atoms with Crippen LogP contribution in [-0.4, -0.2) is 47.7 Å². The summed E-state index contributed by atoms with van der Waals surface area (Å²) in [6.07, 6.45) is 1.94. The Kier molecular flexibility index (Phi) is 5.22. The number of aliphatic hydroxyl groups is 1. The van der Waals surface area contributed by atoms with Gasteiger partial charge in [0.25, 0.3) is 0 Å². The molecular weight excluding hydrogens is 204 g/mol. The van der Waals surface area contributed by atoms with E-state index in [1.54, 1.807) is 0 Å². The molecule has 0 aromatic heterocycles. The molecule has 2 N–H and O–H groups in total. The van der Waals surface area contributed by atoms with E-state index in [-0.39, 0.29) is 24.6 Å². The molecule has 2 unspecified atom stereocenters. The number of rotatable bonds is 5. The lowest BCUT2D eigenvalue weighted by Gasteiger charge is -2.39. The quantitative estimate of drug-likeness (QED) is 0.724. The number of hydrogen-bond acceptors (Lipinski definition) is 3. The average molecular weight is 228 g/mol. The molecule has 0 spiro atoms. The molecule has 0 aromatic rings. The molecule has 1 amide bonds. The van der Waals surface area contributed by atoms with Crippen LogP contribution in [0.2, 0.25) is 0 Å². The van der Waals surface area contributed by atoms with Gasteiger partial charge >= 0.3 is 0 Å². The van der Waals surface area contributed by atoms with Crippen molar-refractivity contribution in [2.24, 2.45) is 5.92 Å². The van der Waals surface area contributed by atoms with Crippen LogP contribution in [0.4, 0.5) is 0 Å². The van der Waals surface area contributed by atoms with Gasteiger partial charge in [-0.15, -0.1) is 0 Å². The van der Waals surface area contributed by atoms with Crippen molar-refractivity contribution in [3.63, 3.8) is 0 Å².